The number of carbonyl (C=O) groups excluding carboxylic acids is 2. The lowest BCUT2D eigenvalue weighted by atomic mass is 10.0. The van der Waals surface area contributed by atoms with Crippen LogP contribution in [0.4, 0.5) is 0 Å². The molecule has 2 aromatic rings. The Morgan fingerprint density at radius 3 is 1.42 bits per heavy atom. The molecule has 2 atom stereocenters. The molecule has 0 aliphatic carbocycles. The van der Waals surface area contributed by atoms with E-state index in [1.54, 1.807) is 24.3 Å². The van der Waals surface area contributed by atoms with E-state index in [2.05, 4.69) is 0 Å². The second-order valence-corrected chi connectivity index (χ2v) is 7.54. The molecule has 0 aliphatic rings. The maximum absolute atomic E-state index is 11.9. The van der Waals surface area contributed by atoms with Crippen LogP contribution in [0.3, 0.4) is 0 Å². The summed E-state index contributed by atoms with van der Waals surface area (Å²) in [6, 6.07) is 9.44. The van der Waals surface area contributed by atoms with Crippen molar-refractivity contribution in [3.63, 3.8) is 0 Å². The summed E-state index contributed by atoms with van der Waals surface area (Å²) >= 11 is 23.5. The molecule has 0 radical (unpaired) electrons. The first kappa shape index (κ1) is 20.8. The van der Waals surface area contributed by atoms with Gasteiger partial charge in [0.25, 0.3) is 0 Å². The fraction of sp³-hybridized carbons (Fsp3) is 0.222. The zero-order chi connectivity index (χ0) is 19.4. The van der Waals surface area contributed by atoms with Gasteiger partial charge in [0.1, 0.15) is 22.3 Å². The highest BCUT2D eigenvalue weighted by molar-refractivity contribution is 6.32. The van der Waals surface area contributed by atoms with Crippen molar-refractivity contribution < 1.29 is 19.1 Å². The lowest BCUT2D eigenvalue weighted by Gasteiger charge is -2.15. The van der Waals surface area contributed by atoms with E-state index in [0.29, 0.717) is 21.2 Å². The van der Waals surface area contributed by atoms with Gasteiger partial charge in [-0.1, -0.05) is 23.2 Å². The Labute approximate surface area is 170 Å². The molecule has 0 aromatic heterocycles. The molecule has 2 aromatic carbocycles. The second kappa shape index (κ2) is 8.96. The van der Waals surface area contributed by atoms with Crippen LogP contribution in [0.5, 0.6) is 11.5 Å². The van der Waals surface area contributed by atoms with E-state index < -0.39 is 22.7 Å². The van der Waals surface area contributed by atoms with Crippen LogP contribution in [0, 0.1) is 0 Å². The number of alkyl halides is 2. The van der Waals surface area contributed by atoms with E-state index in [1.807, 2.05) is 0 Å². The number of ether oxygens (including phenoxy) is 2. The van der Waals surface area contributed by atoms with Gasteiger partial charge in [-0.15, -0.1) is 23.2 Å². The average Bonchev–Trinajstić information content (AvgIpc) is 2.55. The summed E-state index contributed by atoms with van der Waals surface area (Å²) in [5, 5.41) is -0.968. The quantitative estimate of drug-likeness (QED) is 0.342. The van der Waals surface area contributed by atoms with Crippen LogP contribution in [0.15, 0.2) is 36.4 Å². The number of benzene rings is 2. The van der Waals surface area contributed by atoms with Gasteiger partial charge in [-0.25, -0.2) is 0 Å². The molecule has 26 heavy (non-hydrogen) atoms. The van der Waals surface area contributed by atoms with E-state index in [-0.39, 0.29) is 11.5 Å². The van der Waals surface area contributed by atoms with Gasteiger partial charge in [0.05, 0.1) is 0 Å². The molecule has 0 spiro atoms. The highest BCUT2D eigenvalue weighted by atomic mass is 35.5. The monoisotopic (exact) mass is 434 g/mol. The summed E-state index contributed by atoms with van der Waals surface area (Å²) in [7, 11) is 0. The van der Waals surface area contributed by atoms with E-state index >= 15 is 0 Å². The van der Waals surface area contributed by atoms with Crippen molar-refractivity contribution in [2.45, 2.75) is 24.6 Å². The highest BCUT2D eigenvalue weighted by Crippen LogP contribution is 2.39. The molecule has 0 bridgehead atoms. The molecule has 8 heteroatoms. The van der Waals surface area contributed by atoms with Gasteiger partial charge in [-0.2, -0.15) is 0 Å². The van der Waals surface area contributed by atoms with Gasteiger partial charge in [0.2, 0.25) is 0 Å². The van der Waals surface area contributed by atoms with E-state index in [0.717, 1.165) is 0 Å². The molecule has 0 heterocycles. The minimum atomic E-state index is -0.846. The van der Waals surface area contributed by atoms with Gasteiger partial charge >= 0.3 is 11.9 Å². The van der Waals surface area contributed by atoms with Crippen LogP contribution < -0.4 is 9.47 Å². The van der Waals surface area contributed by atoms with Crippen molar-refractivity contribution in [3.05, 3.63) is 46.4 Å². The predicted molar refractivity (Wildman–Crippen MR) is 104 cm³/mol. The Morgan fingerprint density at radius 2 is 1.12 bits per heavy atom. The van der Waals surface area contributed by atoms with Crippen LogP contribution in [0.2, 0.25) is 10.0 Å². The van der Waals surface area contributed by atoms with Crippen molar-refractivity contribution in [1.29, 1.82) is 0 Å². The summed E-state index contributed by atoms with van der Waals surface area (Å²) in [4.78, 5) is 23.8. The first-order valence-electron chi connectivity index (χ1n) is 7.50. The van der Waals surface area contributed by atoms with Crippen molar-refractivity contribution in [3.8, 4) is 22.6 Å². The fourth-order valence-electron chi connectivity index (χ4n) is 1.99. The summed E-state index contributed by atoms with van der Waals surface area (Å²) in [6.07, 6.45) is 0. The molecule has 4 nitrogen and oxygen atoms in total. The van der Waals surface area contributed by atoms with E-state index in [1.165, 1.54) is 26.0 Å². The standard InChI is InChI=1S/C18H14Cl4O4/c1-9(19)17(23)25-15-7-11(21)3-5-13(15)14-6-4-12(22)8-16(14)26-18(24)10(2)20/h3-10H,1-2H3. The normalized spacial score (nSPS) is 13.0. The molecule has 0 amide bonds. The molecule has 2 unspecified atom stereocenters. The molecule has 138 valence electrons. The molecule has 0 saturated heterocycles. The van der Waals surface area contributed by atoms with Crippen LogP contribution >= 0.6 is 46.4 Å². The first-order chi connectivity index (χ1) is 12.2. The maximum atomic E-state index is 11.9. The van der Waals surface area contributed by atoms with E-state index in [9.17, 15) is 9.59 Å². The SMILES string of the molecule is CC(Cl)C(=O)Oc1cc(Cl)ccc1-c1ccc(Cl)cc1OC(=O)C(C)Cl. The lowest BCUT2D eigenvalue weighted by Crippen LogP contribution is -2.19. The Kier molecular flexibility index (Phi) is 7.18. The molecule has 2 rings (SSSR count). The van der Waals surface area contributed by atoms with Gasteiger partial charge in [0.15, 0.2) is 0 Å². The average molecular weight is 436 g/mol. The van der Waals surface area contributed by atoms with Crippen molar-refractivity contribution in [1.82, 2.24) is 0 Å². The van der Waals surface area contributed by atoms with Crippen molar-refractivity contribution in [2.24, 2.45) is 0 Å². The Bertz CT molecular complexity index is 764. The third-order valence-electron chi connectivity index (χ3n) is 3.25. The summed E-state index contributed by atoms with van der Waals surface area (Å²) in [5.41, 5.74) is 0.948. The number of hydrogen-bond donors (Lipinski definition) is 0. The van der Waals surface area contributed by atoms with Gasteiger partial charge in [-0.05, 0) is 38.1 Å². The molecule has 0 fully saturated rings. The van der Waals surface area contributed by atoms with Crippen LogP contribution in [0.1, 0.15) is 13.8 Å². The molecular formula is C18H14Cl4O4. The van der Waals surface area contributed by atoms with Crippen LogP contribution in [-0.2, 0) is 9.59 Å². The minimum absolute atomic E-state index is 0.175. The molecule has 0 saturated carbocycles. The Morgan fingerprint density at radius 1 is 0.769 bits per heavy atom. The lowest BCUT2D eigenvalue weighted by molar-refractivity contribution is -0.134. The van der Waals surface area contributed by atoms with Gasteiger partial charge in [0, 0.05) is 33.3 Å². The largest absolute Gasteiger partial charge is 0.425 e. The maximum Gasteiger partial charge on any atom is 0.329 e. The smallest absolute Gasteiger partial charge is 0.329 e. The van der Waals surface area contributed by atoms with Gasteiger partial charge < -0.3 is 9.47 Å². The molecule has 0 aliphatic heterocycles. The summed E-state index contributed by atoms with van der Waals surface area (Å²) in [5.74, 6) is -0.934. The second-order valence-electron chi connectivity index (χ2n) is 5.36. The van der Waals surface area contributed by atoms with Crippen LogP contribution in [0.25, 0.3) is 11.1 Å². The zero-order valence-corrected chi connectivity index (χ0v) is 16.8. The zero-order valence-electron chi connectivity index (χ0n) is 13.8. The number of halogens is 4. The summed E-state index contributed by atoms with van der Waals surface area (Å²) in [6.45, 7) is 2.98. The predicted octanol–water partition coefficient (Wildman–Crippen LogP) is 5.73. The number of rotatable bonds is 5. The van der Waals surface area contributed by atoms with Gasteiger partial charge in [-0.3, -0.25) is 9.59 Å². The third-order valence-corrected chi connectivity index (χ3v) is 4.07. The number of hydrogen-bond acceptors (Lipinski definition) is 4. The number of carbonyl (C=O) groups is 2. The summed E-state index contributed by atoms with van der Waals surface area (Å²) < 4.78 is 10.7. The first-order valence-corrected chi connectivity index (χ1v) is 9.13. The van der Waals surface area contributed by atoms with E-state index in [4.69, 9.17) is 55.9 Å². The highest BCUT2D eigenvalue weighted by Gasteiger charge is 2.20. The number of esters is 2. The van der Waals surface area contributed by atoms with Crippen molar-refractivity contribution >= 4 is 58.3 Å². The molecular weight excluding hydrogens is 422 g/mol. The fourth-order valence-corrected chi connectivity index (χ4v) is 2.40. The van der Waals surface area contributed by atoms with Crippen LogP contribution in [-0.4, -0.2) is 22.7 Å². The Hall–Kier alpha value is -1.46. The topological polar surface area (TPSA) is 52.6 Å². The Balaban J connectivity index is 2.54. The molecule has 0 N–H and O–H groups in total. The third kappa shape index (κ3) is 5.27. The van der Waals surface area contributed by atoms with Crippen molar-refractivity contribution in [2.75, 3.05) is 0 Å². The minimum Gasteiger partial charge on any atom is -0.425 e.